The Hall–Kier alpha value is -2.88. The van der Waals surface area contributed by atoms with Gasteiger partial charge in [-0.3, -0.25) is 9.59 Å². The summed E-state index contributed by atoms with van der Waals surface area (Å²) in [6.45, 7) is 1.51. The van der Waals surface area contributed by atoms with Crippen LogP contribution < -0.4 is 5.32 Å². The molecule has 21 heavy (non-hydrogen) atoms. The first-order valence-corrected chi connectivity index (χ1v) is 6.63. The number of carbonyl (C=O) groups is 2. The summed E-state index contributed by atoms with van der Waals surface area (Å²) in [5, 5.41) is 3.88. The van der Waals surface area contributed by atoms with E-state index in [1.807, 2.05) is 24.4 Å². The highest BCUT2D eigenvalue weighted by molar-refractivity contribution is 6.06. The molecule has 0 aliphatic rings. The van der Waals surface area contributed by atoms with Crippen LogP contribution in [0.4, 0.5) is 5.69 Å². The summed E-state index contributed by atoms with van der Waals surface area (Å²) < 4.78 is 0. The molecule has 4 heteroatoms. The maximum absolute atomic E-state index is 12.2. The fourth-order valence-electron chi connectivity index (χ4n) is 2.18. The topological polar surface area (TPSA) is 62.0 Å². The van der Waals surface area contributed by atoms with Gasteiger partial charge in [-0.2, -0.15) is 0 Å². The molecular weight excluding hydrogens is 264 g/mol. The smallest absolute Gasteiger partial charge is 0.255 e. The van der Waals surface area contributed by atoms with Gasteiger partial charge in [0.25, 0.3) is 5.91 Å². The minimum Gasteiger partial charge on any atom is -0.361 e. The Kier molecular flexibility index (Phi) is 3.28. The molecule has 4 nitrogen and oxygen atoms in total. The maximum Gasteiger partial charge on any atom is 0.255 e. The number of ketones is 1. The number of benzene rings is 2. The van der Waals surface area contributed by atoms with E-state index in [-0.39, 0.29) is 11.7 Å². The predicted octanol–water partition coefficient (Wildman–Crippen LogP) is 3.62. The zero-order chi connectivity index (χ0) is 14.8. The molecule has 0 aliphatic carbocycles. The maximum atomic E-state index is 12.2. The highest BCUT2D eigenvalue weighted by atomic mass is 16.1. The van der Waals surface area contributed by atoms with Gasteiger partial charge in [0, 0.05) is 28.5 Å². The monoisotopic (exact) mass is 278 g/mol. The van der Waals surface area contributed by atoms with Gasteiger partial charge in [-0.15, -0.1) is 0 Å². The van der Waals surface area contributed by atoms with E-state index in [9.17, 15) is 9.59 Å². The van der Waals surface area contributed by atoms with E-state index < -0.39 is 0 Å². The average Bonchev–Trinajstić information content (AvgIpc) is 2.95. The largest absolute Gasteiger partial charge is 0.361 e. The van der Waals surface area contributed by atoms with Gasteiger partial charge in [0.1, 0.15) is 0 Å². The van der Waals surface area contributed by atoms with Crippen LogP contribution in [0.5, 0.6) is 0 Å². The van der Waals surface area contributed by atoms with Crippen LogP contribution in [0.2, 0.25) is 0 Å². The molecule has 0 saturated carbocycles. The molecule has 0 bridgehead atoms. The number of aromatic amines is 1. The lowest BCUT2D eigenvalue weighted by molar-refractivity contribution is 0.101. The molecule has 2 N–H and O–H groups in total. The molecule has 2 aromatic carbocycles. The van der Waals surface area contributed by atoms with Crippen LogP contribution in [0.3, 0.4) is 0 Å². The molecule has 0 unspecified atom stereocenters. The third-order valence-corrected chi connectivity index (χ3v) is 3.37. The summed E-state index contributed by atoms with van der Waals surface area (Å²) in [7, 11) is 0. The molecule has 3 rings (SSSR count). The molecule has 104 valence electrons. The first-order valence-electron chi connectivity index (χ1n) is 6.63. The summed E-state index contributed by atoms with van der Waals surface area (Å²) in [4.78, 5) is 26.5. The van der Waals surface area contributed by atoms with Crippen molar-refractivity contribution in [1.29, 1.82) is 0 Å². The van der Waals surface area contributed by atoms with Crippen molar-refractivity contribution < 1.29 is 9.59 Å². The zero-order valence-electron chi connectivity index (χ0n) is 11.5. The fraction of sp³-hybridized carbons (Fsp3) is 0.0588. The molecule has 0 fully saturated rings. The lowest BCUT2D eigenvalue weighted by Gasteiger charge is -2.06. The van der Waals surface area contributed by atoms with Gasteiger partial charge in [0.05, 0.1) is 0 Å². The SMILES string of the molecule is CC(=O)c1ccc(NC(=O)c2ccc3cc[nH]c3c2)cc1. The van der Waals surface area contributed by atoms with Crippen molar-refractivity contribution in [3.63, 3.8) is 0 Å². The first kappa shape index (κ1) is 13.1. The number of aromatic nitrogens is 1. The second-order valence-corrected chi connectivity index (χ2v) is 4.87. The molecule has 0 spiro atoms. The Morgan fingerprint density at radius 2 is 1.67 bits per heavy atom. The zero-order valence-corrected chi connectivity index (χ0v) is 11.5. The lowest BCUT2D eigenvalue weighted by atomic mass is 10.1. The van der Waals surface area contributed by atoms with Gasteiger partial charge < -0.3 is 10.3 Å². The highest BCUT2D eigenvalue weighted by Gasteiger charge is 2.08. The van der Waals surface area contributed by atoms with E-state index >= 15 is 0 Å². The Bertz CT molecular complexity index is 816. The van der Waals surface area contributed by atoms with Crippen molar-refractivity contribution in [3.8, 4) is 0 Å². The van der Waals surface area contributed by atoms with Crippen LogP contribution in [0.1, 0.15) is 27.6 Å². The average molecular weight is 278 g/mol. The van der Waals surface area contributed by atoms with Gasteiger partial charge in [-0.1, -0.05) is 6.07 Å². The lowest BCUT2D eigenvalue weighted by Crippen LogP contribution is -2.11. The molecular formula is C17H14N2O2. The molecule has 3 aromatic rings. The number of fused-ring (bicyclic) bond motifs is 1. The number of H-pyrrole nitrogens is 1. The number of rotatable bonds is 3. The molecule has 0 aliphatic heterocycles. The Morgan fingerprint density at radius 3 is 2.38 bits per heavy atom. The minimum absolute atomic E-state index is 0.00470. The standard InChI is InChI=1S/C17H14N2O2/c1-11(20)12-4-6-15(7-5-12)19-17(21)14-3-2-13-8-9-18-16(13)10-14/h2-10,18H,1H3,(H,19,21). The number of anilines is 1. The number of hydrogen-bond donors (Lipinski definition) is 2. The third kappa shape index (κ3) is 2.69. The Labute approximate surface area is 121 Å². The third-order valence-electron chi connectivity index (χ3n) is 3.37. The van der Waals surface area contributed by atoms with E-state index in [0.29, 0.717) is 16.8 Å². The predicted molar refractivity (Wildman–Crippen MR) is 82.7 cm³/mol. The van der Waals surface area contributed by atoms with Gasteiger partial charge in [-0.25, -0.2) is 0 Å². The molecule has 1 aromatic heterocycles. The van der Waals surface area contributed by atoms with Crippen molar-refractivity contribution in [2.45, 2.75) is 6.92 Å². The van der Waals surface area contributed by atoms with Crippen molar-refractivity contribution >= 4 is 28.3 Å². The van der Waals surface area contributed by atoms with Crippen LogP contribution in [0, 0.1) is 0 Å². The van der Waals surface area contributed by atoms with Gasteiger partial charge in [0.15, 0.2) is 5.78 Å². The summed E-state index contributed by atoms with van der Waals surface area (Å²) in [5.74, 6) is -0.174. The number of nitrogens with one attached hydrogen (secondary N) is 2. The van der Waals surface area contributed by atoms with Gasteiger partial charge in [0.2, 0.25) is 0 Å². The second-order valence-electron chi connectivity index (χ2n) is 4.87. The normalized spacial score (nSPS) is 10.5. The van der Waals surface area contributed by atoms with Gasteiger partial charge >= 0.3 is 0 Å². The van der Waals surface area contributed by atoms with E-state index in [1.54, 1.807) is 30.3 Å². The van der Waals surface area contributed by atoms with Gasteiger partial charge in [-0.05, 0) is 54.8 Å². The molecule has 0 saturated heterocycles. The summed E-state index contributed by atoms with van der Waals surface area (Å²) >= 11 is 0. The fourth-order valence-corrected chi connectivity index (χ4v) is 2.18. The molecule has 1 amide bonds. The number of Topliss-reactive ketones (excluding diaryl/α,β-unsaturated/α-hetero) is 1. The Morgan fingerprint density at radius 1 is 0.952 bits per heavy atom. The summed E-state index contributed by atoms with van der Waals surface area (Å²) in [5.41, 5.74) is 2.80. The Balaban J connectivity index is 1.80. The summed E-state index contributed by atoms with van der Waals surface area (Å²) in [6, 6.07) is 14.3. The molecule has 1 heterocycles. The van der Waals surface area contributed by atoms with Crippen LogP contribution in [0.15, 0.2) is 54.7 Å². The van der Waals surface area contributed by atoms with Crippen molar-refractivity contribution in [1.82, 2.24) is 4.98 Å². The number of hydrogen-bond acceptors (Lipinski definition) is 2. The van der Waals surface area contributed by atoms with Crippen LogP contribution in [-0.2, 0) is 0 Å². The van der Waals surface area contributed by atoms with E-state index in [0.717, 1.165) is 10.9 Å². The quantitative estimate of drug-likeness (QED) is 0.719. The van der Waals surface area contributed by atoms with Crippen LogP contribution in [-0.4, -0.2) is 16.7 Å². The van der Waals surface area contributed by atoms with E-state index in [4.69, 9.17) is 0 Å². The van der Waals surface area contributed by atoms with Crippen molar-refractivity contribution in [3.05, 3.63) is 65.9 Å². The number of amides is 1. The summed E-state index contributed by atoms with van der Waals surface area (Å²) in [6.07, 6.45) is 1.84. The van der Waals surface area contributed by atoms with Crippen molar-refractivity contribution in [2.24, 2.45) is 0 Å². The molecule has 0 radical (unpaired) electrons. The van der Waals surface area contributed by atoms with E-state index in [1.165, 1.54) is 6.92 Å². The van der Waals surface area contributed by atoms with Crippen LogP contribution in [0.25, 0.3) is 10.9 Å². The van der Waals surface area contributed by atoms with Crippen molar-refractivity contribution in [2.75, 3.05) is 5.32 Å². The highest BCUT2D eigenvalue weighted by Crippen LogP contribution is 2.16. The minimum atomic E-state index is -0.179. The number of carbonyl (C=O) groups excluding carboxylic acids is 2. The van der Waals surface area contributed by atoms with E-state index in [2.05, 4.69) is 10.3 Å². The first-order chi connectivity index (χ1) is 10.1. The second kappa shape index (κ2) is 5.25. The molecule has 0 atom stereocenters. The van der Waals surface area contributed by atoms with Crippen LogP contribution >= 0.6 is 0 Å².